The summed E-state index contributed by atoms with van der Waals surface area (Å²) in [4.78, 5) is 36.4. The molecule has 1 saturated carbocycles. The maximum Gasteiger partial charge on any atom is 0.305 e. The summed E-state index contributed by atoms with van der Waals surface area (Å²) in [5, 5.41) is 11.6. The van der Waals surface area contributed by atoms with Gasteiger partial charge in [-0.15, -0.1) is 0 Å². The van der Waals surface area contributed by atoms with Crippen LogP contribution in [0.15, 0.2) is 0 Å². The van der Waals surface area contributed by atoms with Crippen LogP contribution in [-0.4, -0.2) is 51.5 Å². The Bertz CT molecular complexity index is 421. The Kier molecular flexibility index (Phi) is 4.57. The number of hydrogen-bond acceptors (Lipinski definition) is 4. The average Bonchev–Trinajstić information content (AvgIpc) is 2.84. The molecule has 6 nitrogen and oxygen atoms in total. The lowest BCUT2D eigenvalue weighted by molar-refractivity contribution is -0.146. The van der Waals surface area contributed by atoms with Crippen molar-refractivity contribution in [1.82, 2.24) is 10.2 Å². The van der Waals surface area contributed by atoms with E-state index in [-0.39, 0.29) is 17.6 Å². The zero-order chi connectivity index (χ0) is 14.8. The molecule has 2 aliphatic rings. The number of nitrogens with zero attached hydrogens (tertiary/aromatic N) is 1. The highest BCUT2D eigenvalue weighted by molar-refractivity contribution is 8.14. The Morgan fingerprint density at radius 3 is 2.55 bits per heavy atom. The topological polar surface area (TPSA) is 86.7 Å². The Morgan fingerprint density at radius 1 is 1.40 bits per heavy atom. The SMILES string of the molecule is CN(C(=O)C1CSC(=O)N1)C1(CC(=O)O)CCCCC1. The minimum Gasteiger partial charge on any atom is -0.481 e. The maximum absolute atomic E-state index is 12.5. The number of rotatable bonds is 4. The number of nitrogens with one attached hydrogen (secondary N) is 1. The van der Waals surface area contributed by atoms with E-state index < -0.39 is 17.6 Å². The van der Waals surface area contributed by atoms with Crippen LogP contribution in [-0.2, 0) is 9.59 Å². The fourth-order valence-corrected chi connectivity index (χ4v) is 3.88. The predicted octanol–water partition coefficient (Wildman–Crippen LogP) is 1.45. The van der Waals surface area contributed by atoms with E-state index in [0.29, 0.717) is 5.75 Å². The quantitative estimate of drug-likeness (QED) is 0.820. The highest BCUT2D eigenvalue weighted by atomic mass is 32.2. The molecule has 0 radical (unpaired) electrons. The van der Waals surface area contributed by atoms with Crippen molar-refractivity contribution in [2.24, 2.45) is 0 Å². The molecule has 7 heteroatoms. The highest BCUT2D eigenvalue weighted by Crippen LogP contribution is 2.36. The summed E-state index contributed by atoms with van der Waals surface area (Å²) in [6, 6.07) is -0.523. The number of carboxylic acid groups (broad SMARTS) is 1. The van der Waals surface area contributed by atoms with Gasteiger partial charge in [-0.05, 0) is 12.8 Å². The number of carboxylic acids is 1. The van der Waals surface area contributed by atoms with Gasteiger partial charge in [0.2, 0.25) is 5.91 Å². The van der Waals surface area contributed by atoms with Crippen LogP contribution in [0, 0.1) is 0 Å². The van der Waals surface area contributed by atoms with Gasteiger partial charge in [-0.3, -0.25) is 14.4 Å². The van der Waals surface area contributed by atoms with Gasteiger partial charge in [0, 0.05) is 12.8 Å². The third-order valence-corrected chi connectivity index (χ3v) is 5.16. The third kappa shape index (κ3) is 3.08. The van der Waals surface area contributed by atoms with Gasteiger partial charge in [0.1, 0.15) is 6.04 Å². The van der Waals surface area contributed by atoms with Crippen LogP contribution < -0.4 is 5.32 Å². The van der Waals surface area contributed by atoms with Crippen molar-refractivity contribution in [3.8, 4) is 0 Å². The van der Waals surface area contributed by atoms with Crippen molar-refractivity contribution in [2.45, 2.75) is 50.1 Å². The molecule has 2 rings (SSSR count). The number of aliphatic carboxylic acids is 1. The van der Waals surface area contributed by atoms with Crippen LogP contribution in [0.4, 0.5) is 4.79 Å². The molecule has 1 aliphatic carbocycles. The van der Waals surface area contributed by atoms with Gasteiger partial charge in [0.15, 0.2) is 0 Å². The fourth-order valence-electron chi connectivity index (χ4n) is 3.11. The molecular formula is C13H20N2O4S. The summed E-state index contributed by atoms with van der Waals surface area (Å²) >= 11 is 1.10. The van der Waals surface area contributed by atoms with Crippen molar-refractivity contribution in [2.75, 3.05) is 12.8 Å². The second-order valence-corrected chi connectivity index (χ2v) is 6.54. The molecule has 0 bridgehead atoms. The molecule has 2 N–H and O–H groups in total. The fraction of sp³-hybridized carbons (Fsp3) is 0.769. The lowest BCUT2D eigenvalue weighted by Gasteiger charge is -2.44. The van der Waals surface area contributed by atoms with Gasteiger partial charge in [-0.25, -0.2) is 0 Å². The Balaban J connectivity index is 2.13. The van der Waals surface area contributed by atoms with Crippen molar-refractivity contribution >= 4 is 28.9 Å². The van der Waals surface area contributed by atoms with E-state index in [9.17, 15) is 14.4 Å². The number of carbonyl (C=O) groups is 3. The molecule has 1 aliphatic heterocycles. The summed E-state index contributed by atoms with van der Waals surface area (Å²) < 4.78 is 0. The lowest BCUT2D eigenvalue weighted by Crippen LogP contribution is -2.56. The van der Waals surface area contributed by atoms with Crippen molar-refractivity contribution in [3.63, 3.8) is 0 Å². The van der Waals surface area contributed by atoms with E-state index in [4.69, 9.17) is 5.11 Å². The van der Waals surface area contributed by atoms with Gasteiger partial charge in [-0.2, -0.15) is 0 Å². The zero-order valence-electron chi connectivity index (χ0n) is 11.6. The van der Waals surface area contributed by atoms with Gasteiger partial charge in [0.25, 0.3) is 5.24 Å². The summed E-state index contributed by atoms with van der Waals surface area (Å²) in [7, 11) is 1.67. The van der Waals surface area contributed by atoms with E-state index in [2.05, 4.69) is 5.32 Å². The number of likely N-dealkylation sites (N-methyl/N-ethyl adjacent to an activating group) is 1. The Morgan fingerprint density at radius 2 is 2.05 bits per heavy atom. The lowest BCUT2D eigenvalue weighted by atomic mass is 9.78. The highest BCUT2D eigenvalue weighted by Gasteiger charge is 2.43. The van der Waals surface area contributed by atoms with Crippen molar-refractivity contribution < 1.29 is 19.5 Å². The second-order valence-electron chi connectivity index (χ2n) is 5.55. The minimum atomic E-state index is -0.878. The van der Waals surface area contributed by atoms with E-state index in [1.807, 2.05) is 0 Å². The third-order valence-electron chi connectivity index (χ3n) is 4.28. The normalized spacial score (nSPS) is 25.1. The first-order valence-electron chi connectivity index (χ1n) is 6.87. The van der Waals surface area contributed by atoms with Gasteiger partial charge in [0.05, 0.1) is 12.0 Å². The van der Waals surface area contributed by atoms with E-state index >= 15 is 0 Å². The molecule has 1 heterocycles. The molecule has 20 heavy (non-hydrogen) atoms. The van der Waals surface area contributed by atoms with Crippen molar-refractivity contribution in [1.29, 1.82) is 0 Å². The maximum atomic E-state index is 12.5. The van der Waals surface area contributed by atoms with Crippen molar-refractivity contribution in [3.05, 3.63) is 0 Å². The van der Waals surface area contributed by atoms with Crippen LogP contribution >= 0.6 is 11.8 Å². The first-order chi connectivity index (χ1) is 9.44. The number of carbonyl (C=O) groups excluding carboxylic acids is 2. The second kappa shape index (κ2) is 6.03. The molecule has 1 atom stereocenters. The number of amides is 2. The molecule has 0 aromatic carbocycles. The summed E-state index contributed by atoms with van der Waals surface area (Å²) in [5.74, 6) is -0.631. The predicted molar refractivity (Wildman–Crippen MR) is 75.6 cm³/mol. The first kappa shape index (κ1) is 15.2. The summed E-state index contributed by atoms with van der Waals surface area (Å²) in [5.41, 5.74) is -0.598. The molecule has 1 unspecified atom stereocenters. The van der Waals surface area contributed by atoms with Crippen LogP contribution in [0.2, 0.25) is 0 Å². The number of thioether (sulfide) groups is 1. The van der Waals surface area contributed by atoms with E-state index in [0.717, 1.165) is 43.9 Å². The zero-order valence-corrected chi connectivity index (χ0v) is 12.4. The van der Waals surface area contributed by atoms with Gasteiger partial charge < -0.3 is 15.3 Å². The van der Waals surface area contributed by atoms with Crippen LogP contribution in [0.3, 0.4) is 0 Å². The molecule has 112 valence electrons. The molecular weight excluding hydrogens is 280 g/mol. The average molecular weight is 300 g/mol. The van der Waals surface area contributed by atoms with Crippen LogP contribution in [0.1, 0.15) is 38.5 Å². The number of hydrogen-bond donors (Lipinski definition) is 2. The van der Waals surface area contributed by atoms with Gasteiger partial charge >= 0.3 is 5.97 Å². The largest absolute Gasteiger partial charge is 0.481 e. The molecule has 0 aromatic rings. The Labute approximate surface area is 122 Å². The molecule has 2 fully saturated rings. The molecule has 0 aromatic heterocycles. The summed E-state index contributed by atoms with van der Waals surface area (Å²) in [6.07, 6.45) is 4.38. The summed E-state index contributed by atoms with van der Waals surface area (Å²) in [6.45, 7) is 0. The van der Waals surface area contributed by atoms with Crippen LogP contribution in [0.25, 0.3) is 0 Å². The first-order valence-corrected chi connectivity index (χ1v) is 7.86. The molecule has 2 amide bonds. The van der Waals surface area contributed by atoms with Crippen LogP contribution in [0.5, 0.6) is 0 Å². The van der Waals surface area contributed by atoms with E-state index in [1.165, 1.54) is 0 Å². The smallest absolute Gasteiger partial charge is 0.305 e. The minimum absolute atomic E-state index is 0.0248. The van der Waals surface area contributed by atoms with Gasteiger partial charge in [-0.1, -0.05) is 31.0 Å². The van der Waals surface area contributed by atoms with E-state index in [1.54, 1.807) is 11.9 Å². The Hall–Kier alpha value is -1.24. The standard InChI is InChI=1S/C13H20N2O4S/c1-15(11(18)9-8-20-12(19)14-9)13(7-10(16)17)5-3-2-4-6-13/h9H,2-8H2,1H3,(H,14,19)(H,16,17). The molecule has 1 saturated heterocycles. The molecule has 0 spiro atoms. The monoisotopic (exact) mass is 300 g/mol.